The lowest BCUT2D eigenvalue weighted by molar-refractivity contribution is 0.0897. The Bertz CT molecular complexity index is 391. The van der Waals surface area contributed by atoms with Gasteiger partial charge in [-0.25, -0.2) is 0 Å². The van der Waals surface area contributed by atoms with Gasteiger partial charge in [-0.2, -0.15) is 0 Å². The van der Waals surface area contributed by atoms with Crippen LogP contribution in [0.1, 0.15) is 56.4 Å². The van der Waals surface area contributed by atoms with Crippen molar-refractivity contribution in [1.82, 2.24) is 0 Å². The zero-order chi connectivity index (χ0) is 14.1. The van der Waals surface area contributed by atoms with E-state index in [0.29, 0.717) is 5.92 Å². The van der Waals surface area contributed by atoms with Crippen LogP contribution in [0.2, 0.25) is 13.1 Å². The summed E-state index contributed by atoms with van der Waals surface area (Å²) in [5.74, 6) is 0.535. The molecule has 104 valence electrons. The third-order valence-corrected chi connectivity index (χ3v) is 5.55. The molecule has 0 amide bonds. The fraction of sp³-hybridized carbons (Fsp3) is 0.714. The van der Waals surface area contributed by atoms with Gasteiger partial charge in [-0.3, -0.25) is 0 Å². The normalized spacial score (nSPS) is 14.6. The van der Waals surface area contributed by atoms with Crippen LogP contribution in [0.4, 0.5) is 0 Å². The zero-order valence-corrected chi connectivity index (χ0v) is 15.4. The maximum Gasteiger partial charge on any atom is 0.171 e. The number of rotatable bonds is 4. The summed E-state index contributed by atoms with van der Waals surface area (Å²) in [4.78, 5) is 3.82. The van der Waals surface area contributed by atoms with Crippen molar-refractivity contribution in [2.75, 3.05) is 0 Å². The summed E-state index contributed by atoms with van der Waals surface area (Å²) < 4.78 is 6.26. The molecule has 0 spiro atoms. The topological polar surface area (TPSA) is 9.23 Å². The molecule has 0 bridgehead atoms. The van der Waals surface area contributed by atoms with Gasteiger partial charge in [-0.05, 0) is 30.5 Å². The van der Waals surface area contributed by atoms with Crippen molar-refractivity contribution in [2.45, 2.75) is 64.6 Å². The Hall–Kier alpha value is 0.227. The molecule has 1 heterocycles. The van der Waals surface area contributed by atoms with E-state index in [-0.39, 0.29) is 11.5 Å². The van der Waals surface area contributed by atoms with Gasteiger partial charge in [-0.1, -0.05) is 34.6 Å². The molecule has 0 radical (unpaired) electrons. The smallest absolute Gasteiger partial charge is 0.171 e. The highest BCUT2D eigenvalue weighted by atomic mass is 32.1. The van der Waals surface area contributed by atoms with Gasteiger partial charge in [0, 0.05) is 14.6 Å². The van der Waals surface area contributed by atoms with Crippen molar-refractivity contribution in [1.29, 1.82) is 0 Å². The fourth-order valence-corrected chi connectivity index (χ4v) is 5.09. The first-order valence-corrected chi connectivity index (χ1v) is 10.7. The maximum absolute atomic E-state index is 6.26. The number of thiophene rings is 1. The summed E-state index contributed by atoms with van der Waals surface area (Å²) in [6.45, 7) is 15.7. The minimum absolute atomic E-state index is 0.136. The monoisotopic (exact) mass is 302 g/mol. The van der Waals surface area contributed by atoms with Crippen molar-refractivity contribution in [3.8, 4) is 0 Å². The average molecular weight is 303 g/mol. The van der Waals surface area contributed by atoms with E-state index >= 15 is 0 Å². The number of hydrogen-bond acceptors (Lipinski definition) is 3. The highest BCUT2D eigenvalue weighted by Gasteiger charge is 2.30. The zero-order valence-electron chi connectivity index (χ0n) is 12.6. The molecule has 1 aromatic heterocycles. The summed E-state index contributed by atoms with van der Waals surface area (Å²) in [7, 11) is -1.05. The minimum Gasteiger partial charge on any atom is -0.412 e. The molecule has 18 heavy (non-hydrogen) atoms. The molecule has 1 atom stereocenters. The molecule has 4 heteroatoms. The maximum atomic E-state index is 6.26. The SMILES string of the molecule is CC(C)c1sc(C(O[SiH](C)C)C(C)(C)C)cc1S. The van der Waals surface area contributed by atoms with E-state index in [1.807, 2.05) is 11.3 Å². The molecule has 1 unspecified atom stereocenters. The van der Waals surface area contributed by atoms with Crippen LogP contribution in [0.3, 0.4) is 0 Å². The number of hydrogen-bond donors (Lipinski definition) is 1. The van der Waals surface area contributed by atoms with Gasteiger partial charge in [0.05, 0.1) is 6.10 Å². The van der Waals surface area contributed by atoms with Crippen molar-refractivity contribution in [2.24, 2.45) is 5.41 Å². The van der Waals surface area contributed by atoms with Gasteiger partial charge >= 0.3 is 0 Å². The van der Waals surface area contributed by atoms with Crippen molar-refractivity contribution >= 4 is 33.0 Å². The molecule has 0 saturated heterocycles. The molecule has 0 aliphatic rings. The Balaban J connectivity index is 3.10. The largest absolute Gasteiger partial charge is 0.412 e. The molecular weight excluding hydrogens is 276 g/mol. The van der Waals surface area contributed by atoms with Crippen LogP contribution in [0.5, 0.6) is 0 Å². The van der Waals surface area contributed by atoms with Gasteiger partial charge in [0.25, 0.3) is 0 Å². The van der Waals surface area contributed by atoms with E-state index < -0.39 is 9.04 Å². The van der Waals surface area contributed by atoms with E-state index in [0.717, 1.165) is 4.90 Å². The third-order valence-electron chi connectivity index (χ3n) is 2.74. The first-order valence-electron chi connectivity index (χ1n) is 6.61. The lowest BCUT2D eigenvalue weighted by Gasteiger charge is -2.31. The fourth-order valence-electron chi connectivity index (χ4n) is 1.93. The predicted molar refractivity (Wildman–Crippen MR) is 87.8 cm³/mol. The molecule has 1 aromatic rings. The van der Waals surface area contributed by atoms with E-state index in [1.165, 1.54) is 9.75 Å². The molecule has 0 saturated carbocycles. The van der Waals surface area contributed by atoms with Gasteiger partial charge in [0.15, 0.2) is 9.04 Å². The van der Waals surface area contributed by atoms with Gasteiger partial charge in [0.1, 0.15) is 0 Å². The summed E-state index contributed by atoms with van der Waals surface area (Å²) in [6, 6.07) is 2.20. The van der Waals surface area contributed by atoms with E-state index in [2.05, 4.69) is 66.4 Å². The summed E-state index contributed by atoms with van der Waals surface area (Å²) in [6.07, 6.45) is 0.201. The molecule has 1 nitrogen and oxygen atoms in total. The van der Waals surface area contributed by atoms with Crippen LogP contribution in [-0.2, 0) is 4.43 Å². The highest BCUT2D eigenvalue weighted by Crippen LogP contribution is 2.43. The second kappa shape index (κ2) is 6.12. The molecule has 0 aromatic carbocycles. The first kappa shape index (κ1) is 16.3. The molecular formula is C14H26OS2Si. The summed E-state index contributed by atoms with van der Waals surface area (Å²) in [5.41, 5.74) is 0.136. The molecule has 0 fully saturated rings. The Morgan fingerprint density at radius 1 is 1.28 bits per heavy atom. The molecule has 0 aliphatic carbocycles. The van der Waals surface area contributed by atoms with Gasteiger partial charge < -0.3 is 4.43 Å². The van der Waals surface area contributed by atoms with E-state index in [9.17, 15) is 0 Å². The summed E-state index contributed by atoms with van der Waals surface area (Å²) in [5, 5.41) is 0. The van der Waals surface area contributed by atoms with Gasteiger partial charge in [-0.15, -0.1) is 24.0 Å². The van der Waals surface area contributed by atoms with Gasteiger partial charge in [0.2, 0.25) is 0 Å². The second-order valence-corrected chi connectivity index (χ2v) is 10.5. The summed E-state index contributed by atoms with van der Waals surface area (Å²) >= 11 is 6.47. The Morgan fingerprint density at radius 2 is 1.83 bits per heavy atom. The molecule has 1 rings (SSSR count). The van der Waals surface area contributed by atoms with Crippen LogP contribution in [0.15, 0.2) is 11.0 Å². The van der Waals surface area contributed by atoms with Crippen LogP contribution in [-0.4, -0.2) is 9.04 Å². The van der Waals surface area contributed by atoms with Crippen LogP contribution in [0, 0.1) is 5.41 Å². The van der Waals surface area contributed by atoms with Crippen LogP contribution < -0.4 is 0 Å². The standard InChI is InChI=1S/C14H26OS2Si/c1-9(2)12-10(16)8-11(17-12)13(14(3,4)5)15-18(6)7/h8-9,13,16,18H,1-7H3. The number of thiol groups is 1. The Kier molecular flexibility index (Phi) is 5.53. The lowest BCUT2D eigenvalue weighted by atomic mass is 9.88. The predicted octanol–water partition coefficient (Wildman–Crippen LogP) is 5.25. The van der Waals surface area contributed by atoms with Crippen molar-refractivity contribution in [3.05, 3.63) is 15.8 Å². The van der Waals surface area contributed by atoms with E-state index in [4.69, 9.17) is 4.43 Å². The van der Waals surface area contributed by atoms with Crippen LogP contribution in [0.25, 0.3) is 0 Å². The minimum atomic E-state index is -1.05. The lowest BCUT2D eigenvalue weighted by Crippen LogP contribution is -2.25. The van der Waals surface area contributed by atoms with E-state index in [1.54, 1.807) is 0 Å². The Labute approximate surface area is 123 Å². The third kappa shape index (κ3) is 4.12. The van der Waals surface area contributed by atoms with Crippen molar-refractivity contribution in [3.63, 3.8) is 0 Å². The first-order chi connectivity index (χ1) is 8.12. The second-order valence-electron chi connectivity index (χ2n) is 6.48. The molecule has 0 aliphatic heterocycles. The van der Waals surface area contributed by atoms with Crippen LogP contribution >= 0.6 is 24.0 Å². The quantitative estimate of drug-likeness (QED) is 0.590. The van der Waals surface area contributed by atoms with Crippen molar-refractivity contribution < 1.29 is 4.43 Å². The Morgan fingerprint density at radius 3 is 2.17 bits per heavy atom. The molecule has 0 N–H and O–H groups in total. The highest BCUT2D eigenvalue weighted by molar-refractivity contribution is 7.80. The average Bonchev–Trinajstić information content (AvgIpc) is 2.54.